The van der Waals surface area contributed by atoms with Crippen molar-refractivity contribution in [3.63, 3.8) is 0 Å². The van der Waals surface area contributed by atoms with Gasteiger partial charge in [-0.3, -0.25) is 9.59 Å². The predicted octanol–water partition coefficient (Wildman–Crippen LogP) is 3.46. The summed E-state index contributed by atoms with van der Waals surface area (Å²) in [5.41, 5.74) is 4.90. The lowest BCUT2D eigenvalue weighted by molar-refractivity contribution is -0.117. The van der Waals surface area contributed by atoms with Gasteiger partial charge in [-0.15, -0.1) is 0 Å². The van der Waals surface area contributed by atoms with Crippen LogP contribution in [-0.2, 0) is 9.59 Å². The quantitative estimate of drug-likeness (QED) is 0.380. The fourth-order valence-corrected chi connectivity index (χ4v) is 2.22. The molecule has 0 aromatic heterocycles. The molecule has 21 heavy (non-hydrogen) atoms. The summed E-state index contributed by atoms with van der Waals surface area (Å²) in [7, 11) is 0. The monoisotopic (exact) mass is 296 g/mol. The zero-order valence-corrected chi connectivity index (χ0v) is 13.5. The second kappa shape index (κ2) is 15.1. The molecule has 3 N–H and O–H groups in total. The SMILES string of the molecule is CCCCCCCCCCCCCNC(=O)/C=C\C(N)=O. The van der Waals surface area contributed by atoms with Crippen molar-refractivity contribution in [1.82, 2.24) is 5.32 Å². The Morgan fingerprint density at radius 2 is 1.29 bits per heavy atom. The van der Waals surface area contributed by atoms with Crippen LogP contribution in [0.25, 0.3) is 0 Å². The third-order valence-electron chi connectivity index (χ3n) is 3.48. The van der Waals surface area contributed by atoms with E-state index in [-0.39, 0.29) is 5.91 Å². The number of carbonyl (C=O) groups is 2. The van der Waals surface area contributed by atoms with Crippen LogP contribution in [0.1, 0.15) is 77.6 Å². The van der Waals surface area contributed by atoms with Crippen LogP contribution in [0.5, 0.6) is 0 Å². The van der Waals surface area contributed by atoms with Crippen LogP contribution in [0.15, 0.2) is 12.2 Å². The molecule has 0 radical (unpaired) electrons. The van der Waals surface area contributed by atoms with E-state index in [0.29, 0.717) is 6.54 Å². The summed E-state index contributed by atoms with van der Waals surface area (Å²) >= 11 is 0. The van der Waals surface area contributed by atoms with E-state index in [1.807, 2.05) is 0 Å². The Bertz CT molecular complexity index is 301. The van der Waals surface area contributed by atoms with Crippen molar-refractivity contribution in [3.05, 3.63) is 12.2 Å². The zero-order chi connectivity index (χ0) is 15.8. The lowest BCUT2D eigenvalue weighted by Crippen LogP contribution is -2.22. The predicted molar refractivity (Wildman–Crippen MR) is 87.8 cm³/mol. The van der Waals surface area contributed by atoms with Gasteiger partial charge in [0, 0.05) is 18.7 Å². The van der Waals surface area contributed by atoms with E-state index in [9.17, 15) is 9.59 Å². The second-order valence-corrected chi connectivity index (χ2v) is 5.56. The van der Waals surface area contributed by atoms with Gasteiger partial charge in [-0.1, -0.05) is 71.1 Å². The number of amides is 2. The average molecular weight is 296 g/mol. The van der Waals surface area contributed by atoms with Gasteiger partial charge in [-0.05, 0) is 6.42 Å². The molecule has 0 aliphatic heterocycles. The van der Waals surface area contributed by atoms with E-state index >= 15 is 0 Å². The molecule has 4 nitrogen and oxygen atoms in total. The summed E-state index contributed by atoms with van der Waals surface area (Å²) in [4.78, 5) is 21.7. The number of unbranched alkanes of at least 4 members (excludes halogenated alkanes) is 10. The van der Waals surface area contributed by atoms with Crippen molar-refractivity contribution in [2.75, 3.05) is 6.54 Å². The molecule has 0 unspecified atom stereocenters. The molecule has 0 heterocycles. The van der Waals surface area contributed by atoms with Crippen LogP contribution in [0.2, 0.25) is 0 Å². The van der Waals surface area contributed by atoms with Crippen LogP contribution in [0.3, 0.4) is 0 Å². The van der Waals surface area contributed by atoms with Gasteiger partial charge in [0.25, 0.3) is 0 Å². The Morgan fingerprint density at radius 3 is 1.76 bits per heavy atom. The summed E-state index contributed by atoms with van der Waals surface area (Å²) in [6.07, 6.45) is 16.5. The lowest BCUT2D eigenvalue weighted by Gasteiger charge is -2.03. The van der Waals surface area contributed by atoms with E-state index in [0.717, 1.165) is 18.9 Å². The Hall–Kier alpha value is -1.32. The highest BCUT2D eigenvalue weighted by Gasteiger charge is 1.96. The van der Waals surface area contributed by atoms with Crippen LogP contribution in [0.4, 0.5) is 0 Å². The molecule has 2 amide bonds. The first kappa shape index (κ1) is 19.7. The Labute approximate surface area is 129 Å². The number of primary amides is 1. The van der Waals surface area contributed by atoms with Gasteiger partial charge in [0.05, 0.1) is 0 Å². The third-order valence-corrected chi connectivity index (χ3v) is 3.48. The van der Waals surface area contributed by atoms with E-state index in [4.69, 9.17) is 5.73 Å². The van der Waals surface area contributed by atoms with Crippen molar-refractivity contribution < 1.29 is 9.59 Å². The first-order chi connectivity index (χ1) is 10.2. The van der Waals surface area contributed by atoms with Gasteiger partial charge in [-0.2, -0.15) is 0 Å². The minimum Gasteiger partial charge on any atom is -0.366 e. The maximum atomic E-state index is 11.2. The number of hydrogen-bond acceptors (Lipinski definition) is 2. The Kier molecular flexibility index (Phi) is 14.1. The van der Waals surface area contributed by atoms with Crippen molar-refractivity contribution in [2.24, 2.45) is 5.73 Å². The highest BCUT2D eigenvalue weighted by Crippen LogP contribution is 2.10. The highest BCUT2D eigenvalue weighted by atomic mass is 16.2. The van der Waals surface area contributed by atoms with Crippen molar-refractivity contribution >= 4 is 11.8 Å². The maximum Gasteiger partial charge on any atom is 0.244 e. The molecule has 0 spiro atoms. The Balaban J connectivity index is 3.19. The highest BCUT2D eigenvalue weighted by molar-refractivity contribution is 5.95. The summed E-state index contributed by atoms with van der Waals surface area (Å²) in [5, 5.41) is 2.74. The minimum absolute atomic E-state index is 0.249. The fraction of sp³-hybridized carbons (Fsp3) is 0.765. The molecular formula is C17H32N2O2. The molecule has 4 heteroatoms. The van der Waals surface area contributed by atoms with E-state index in [1.165, 1.54) is 63.9 Å². The number of hydrogen-bond donors (Lipinski definition) is 2. The van der Waals surface area contributed by atoms with Gasteiger partial charge in [0.1, 0.15) is 0 Å². The molecule has 0 rings (SSSR count). The third kappa shape index (κ3) is 16.6. The maximum absolute atomic E-state index is 11.2. The summed E-state index contributed by atoms with van der Waals surface area (Å²) in [5.74, 6) is -0.847. The van der Waals surface area contributed by atoms with Gasteiger partial charge >= 0.3 is 0 Å². The largest absolute Gasteiger partial charge is 0.366 e. The van der Waals surface area contributed by atoms with Gasteiger partial charge in [0.2, 0.25) is 11.8 Å². The van der Waals surface area contributed by atoms with Crippen LogP contribution in [0, 0.1) is 0 Å². The van der Waals surface area contributed by atoms with E-state index in [1.54, 1.807) is 0 Å². The number of rotatable bonds is 14. The lowest BCUT2D eigenvalue weighted by atomic mass is 10.1. The van der Waals surface area contributed by atoms with Crippen LogP contribution < -0.4 is 11.1 Å². The number of carbonyl (C=O) groups excluding carboxylic acids is 2. The molecular weight excluding hydrogens is 264 g/mol. The van der Waals surface area contributed by atoms with Crippen LogP contribution in [-0.4, -0.2) is 18.4 Å². The molecule has 0 saturated carbocycles. The van der Waals surface area contributed by atoms with Crippen LogP contribution >= 0.6 is 0 Å². The molecule has 0 aliphatic rings. The molecule has 0 fully saturated rings. The first-order valence-electron chi connectivity index (χ1n) is 8.42. The van der Waals surface area contributed by atoms with E-state index in [2.05, 4.69) is 12.2 Å². The number of nitrogens with two attached hydrogens (primary N) is 1. The number of nitrogens with one attached hydrogen (secondary N) is 1. The minimum atomic E-state index is -0.597. The molecule has 122 valence electrons. The molecule has 0 saturated heterocycles. The van der Waals surface area contributed by atoms with Gasteiger partial charge < -0.3 is 11.1 Å². The van der Waals surface area contributed by atoms with Gasteiger partial charge in [-0.25, -0.2) is 0 Å². The second-order valence-electron chi connectivity index (χ2n) is 5.56. The first-order valence-corrected chi connectivity index (χ1v) is 8.42. The van der Waals surface area contributed by atoms with Crippen molar-refractivity contribution in [1.29, 1.82) is 0 Å². The summed E-state index contributed by atoms with van der Waals surface area (Å²) < 4.78 is 0. The molecule has 0 aliphatic carbocycles. The van der Waals surface area contributed by atoms with Crippen molar-refractivity contribution in [3.8, 4) is 0 Å². The van der Waals surface area contributed by atoms with Gasteiger partial charge in [0.15, 0.2) is 0 Å². The van der Waals surface area contributed by atoms with E-state index < -0.39 is 5.91 Å². The zero-order valence-electron chi connectivity index (χ0n) is 13.5. The molecule has 0 bridgehead atoms. The fourth-order valence-electron chi connectivity index (χ4n) is 2.22. The topological polar surface area (TPSA) is 72.2 Å². The average Bonchev–Trinajstić information content (AvgIpc) is 2.46. The molecule has 0 aromatic rings. The van der Waals surface area contributed by atoms with Crippen molar-refractivity contribution in [2.45, 2.75) is 77.6 Å². The standard InChI is InChI=1S/C17H32N2O2/c1-2-3-4-5-6-7-8-9-10-11-12-15-19-17(21)14-13-16(18)20/h13-14H,2-12,15H2,1H3,(H2,18,20)(H,19,21)/b14-13-. The summed E-state index contributed by atoms with van der Waals surface area (Å²) in [6, 6.07) is 0. The normalized spacial score (nSPS) is 10.9. The Morgan fingerprint density at radius 1 is 0.810 bits per heavy atom. The molecule has 0 aromatic carbocycles. The molecule has 0 atom stereocenters. The summed E-state index contributed by atoms with van der Waals surface area (Å²) in [6.45, 7) is 2.91. The smallest absolute Gasteiger partial charge is 0.244 e.